The van der Waals surface area contributed by atoms with Crippen LogP contribution in [0.25, 0.3) is 0 Å². The fourth-order valence-electron chi connectivity index (χ4n) is 2.97. The van der Waals surface area contributed by atoms with Crippen molar-refractivity contribution in [2.75, 3.05) is 19.0 Å². The topological polar surface area (TPSA) is 71.8 Å². The number of ether oxygens (including phenoxy) is 1. The van der Waals surface area contributed by atoms with E-state index in [2.05, 4.69) is 5.32 Å². The summed E-state index contributed by atoms with van der Waals surface area (Å²) in [6.45, 7) is 0.795. The predicted molar refractivity (Wildman–Crippen MR) is 88.1 cm³/mol. The summed E-state index contributed by atoms with van der Waals surface area (Å²) in [5.74, 6) is -0.864. The van der Waals surface area contributed by atoms with Gasteiger partial charge in [0.15, 0.2) is 0 Å². The first kappa shape index (κ1) is 17.2. The van der Waals surface area contributed by atoms with Crippen molar-refractivity contribution in [3.8, 4) is 0 Å². The minimum Gasteiger partial charge on any atom is -0.461 e. The second kappa shape index (κ2) is 7.48. The monoisotopic (exact) mass is 346 g/mol. The lowest BCUT2D eigenvalue weighted by Gasteiger charge is -2.22. The molecule has 0 unspecified atom stereocenters. The standard InChI is InChI=1S/C18H19FN2O4/c1-24-11-12-8-9-16(25-12)15-7-4-10-21(15)18(23)17(22)20-14-6-3-2-5-13(14)19/h2-3,5-6,8-9,15H,4,7,10-11H2,1H3,(H,20,22)/t15-/m0/s1. The normalized spacial score (nSPS) is 16.9. The molecule has 2 amide bonds. The van der Waals surface area contributed by atoms with E-state index in [-0.39, 0.29) is 11.7 Å². The number of nitrogens with zero attached hydrogens (tertiary/aromatic N) is 1. The summed E-state index contributed by atoms with van der Waals surface area (Å²) in [5.41, 5.74) is -0.0167. The number of likely N-dealkylation sites (tertiary alicyclic amines) is 1. The third kappa shape index (κ3) is 3.71. The van der Waals surface area contributed by atoms with Crippen LogP contribution in [0.5, 0.6) is 0 Å². The molecule has 2 heterocycles. The molecule has 1 saturated heterocycles. The Morgan fingerprint density at radius 1 is 1.32 bits per heavy atom. The number of halogens is 1. The first-order valence-electron chi connectivity index (χ1n) is 8.04. The number of hydrogen-bond acceptors (Lipinski definition) is 4. The summed E-state index contributed by atoms with van der Waals surface area (Å²) in [6.07, 6.45) is 1.47. The molecule has 0 aliphatic carbocycles. The van der Waals surface area contributed by atoms with Crippen molar-refractivity contribution >= 4 is 17.5 Å². The number of hydrogen-bond donors (Lipinski definition) is 1. The Kier molecular flexibility index (Phi) is 5.14. The van der Waals surface area contributed by atoms with Gasteiger partial charge in [-0.1, -0.05) is 12.1 Å². The van der Waals surface area contributed by atoms with Gasteiger partial charge in [0.1, 0.15) is 23.9 Å². The van der Waals surface area contributed by atoms with Crippen molar-refractivity contribution in [2.24, 2.45) is 0 Å². The maximum Gasteiger partial charge on any atom is 0.314 e. The van der Waals surface area contributed by atoms with E-state index in [1.807, 2.05) is 0 Å². The van der Waals surface area contributed by atoms with E-state index in [4.69, 9.17) is 9.15 Å². The van der Waals surface area contributed by atoms with Gasteiger partial charge in [0.25, 0.3) is 0 Å². The Labute approximate surface area is 144 Å². The van der Waals surface area contributed by atoms with Gasteiger partial charge in [-0.15, -0.1) is 0 Å². The molecule has 0 saturated carbocycles. The lowest BCUT2D eigenvalue weighted by molar-refractivity contribution is -0.144. The molecule has 1 fully saturated rings. The van der Waals surface area contributed by atoms with Crippen LogP contribution >= 0.6 is 0 Å². The minimum atomic E-state index is -0.860. The zero-order valence-electron chi connectivity index (χ0n) is 13.8. The molecule has 2 aromatic rings. The van der Waals surface area contributed by atoms with E-state index in [1.165, 1.54) is 23.1 Å². The third-order valence-corrected chi connectivity index (χ3v) is 4.13. The van der Waals surface area contributed by atoms with Crippen LogP contribution in [0.15, 0.2) is 40.8 Å². The lowest BCUT2D eigenvalue weighted by atomic mass is 10.1. The summed E-state index contributed by atoms with van der Waals surface area (Å²) < 4.78 is 24.4. The quantitative estimate of drug-likeness (QED) is 0.864. The van der Waals surface area contributed by atoms with Gasteiger partial charge in [0.05, 0.1) is 11.7 Å². The van der Waals surface area contributed by atoms with E-state index in [0.717, 1.165) is 6.42 Å². The van der Waals surface area contributed by atoms with E-state index in [9.17, 15) is 14.0 Å². The van der Waals surface area contributed by atoms with Crippen LogP contribution in [-0.4, -0.2) is 30.4 Å². The number of para-hydroxylation sites is 1. The van der Waals surface area contributed by atoms with Crippen molar-refractivity contribution in [3.05, 3.63) is 53.7 Å². The molecule has 1 aromatic heterocycles. The molecule has 1 aliphatic heterocycles. The predicted octanol–water partition coefficient (Wildman–Crippen LogP) is 2.87. The van der Waals surface area contributed by atoms with E-state index >= 15 is 0 Å². The molecule has 7 heteroatoms. The largest absolute Gasteiger partial charge is 0.461 e. The van der Waals surface area contributed by atoms with E-state index < -0.39 is 17.6 Å². The number of anilines is 1. The van der Waals surface area contributed by atoms with Crippen LogP contribution in [0.1, 0.15) is 30.4 Å². The van der Waals surface area contributed by atoms with E-state index in [1.54, 1.807) is 25.3 Å². The van der Waals surface area contributed by atoms with Gasteiger partial charge in [0.2, 0.25) is 0 Å². The number of amides is 2. The van der Waals surface area contributed by atoms with Crippen LogP contribution in [0.2, 0.25) is 0 Å². The molecule has 0 spiro atoms. The Morgan fingerprint density at radius 2 is 2.12 bits per heavy atom. The highest BCUT2D eigenvalue weighted by molar-refractivity contribution is 6.39. The molecule has 0 radical (unpaired) electrons. The summed E-state index contributed by atoms with van der Waals surface area (Å²) in [5, 5.41) is 2.33. The Bertz CT molecular complexity index is 774. The molecule has 25 heavy (non-hydrogen) atoms. The first-order chi connectivity index (χ1) is 12.1. The Hall–Kier alpha value is -2.67. The van der Waals surface area contributed by atoms with Gasteiger partial charge < -0.3 is 19.4 Å². The van der Waals surface area contributed by atoms with Crippen LogP contribution in [0.4, 0.5) is 10.1 Å². The van der Waals surface area contributed by atoms with Crippen molar-refractivity contribution in [3.63, 3.8) is 0 Å². The zero-order chi connectivity index (χ0) is 17.8. The van der Waals surface area contributed by atoms with Gasteiger partial charge >= 0.3 is 11.8 Å². The summed E-state index contributed by atoms with van der Waals surface area (Å²) >= 11 is 0. The van der Waals surface area contributed by atoms with Gasteiger partial charge in [-0.25, -0.2) is 4.39 Å². The summed E-state index contributed by atoms with van der Waals surface area (Å²) in [4.78, 5) is 26.2. The highest BCUT2D eigenvalue weighted by Gasteiger charge is 2.35. The molecule has 1 aromatic carbocycles. The van der Waals surface area contributed by atoms with Gasteiger partial charge in [-0.3, -0.25) is 9.59 Å². The maximum absolute atomic E-state index is 13.6. The number of carbonyl (C=O) groups excluding carboxylic acids is 2. The fraction of sp³-hybridized carbons (Fsp3) is 0.333. The number of furan rings is 1. The SMILES string of the molecule is COCc1ccc([C@@H]2CCCN2C(=O)C(=O)Nc2ccccc2F)o1. The second-order valence-electron chi connectivity index (χ2n) is 5.83. The van der Waals surface area contributed by atoms with Crippen molar-refractivity contribution < 1.29 is 23.1 Å². The summed E-state index contributed by atoms with van der Waals surface area (Å²) in [6, 6.07) is 9.01. The fourth-order valence-corrected chi connectivity index (χ4v) is 2.97. The molecule has 1 aliphatic rings. The summed E-state index contributed by atoms with van der Waals surface area (Å²) in [7, 11) is 1.57. The van der Waals surface area contributed by atoms with Gasteiger partial charge in [0, 0.05) is 13.7 Å². The molecule has 1 atom stereocenters. The molecular formula is C18H19FN2O4. The van der Waals surface area contributed by atoms with Crippen LogP contribution in [-0.2, 0) is 20.9 Å². The minimum absolute atomic E-state index is 0.0167. The first-order valence-corrected chi connectivity index (χ1v) is 8.04. The number of rotatable bonds is 4. The number of nitrogens with one attached hydrogen (secondary N) is 1. The average molecular weight is 346 g/mol. The molecular weight excluding hydrogens is 327 g/mol. The van der Waals surface area contributed by atoms with E-state index in [0.29, 0.717) is 31.1 Å². The molecule has 1 N–H and O–H groups in total. The molecule has 132 valence electrons. The van der Waals surface area contributed by atoms with Crippen molar-refractivity contribution in [1.29, 1.82) is 0 Å². The highest BCUT2D eigenvalue weighted by atomic mass is 19.1. The Balaban J connectivity index is 1.71. The molecule has 6 nitrogen and oxygen atoms in total. The Morgan fingerprint density at radius 3 is 2.88 bits per heavy atom. The lowest BCUT2D eigenvalue weighted by Crippen LogP contribution is -2.39. The third-order valence-electron chi connectivity index (χ3n) is 4.13. The van der Waals surface area contributed by atoms with Crippen molar-refractivity contribution in [2.45, 2.75) is 25.5 Å². The van der Waals surface area contributed by atoms with Crippen LogP contribution in [0.3, 0.4) is 0 Å². The number of methoxy groups -OCH3 is 1. The molecule has 0 bridgehead atoms. The van der Waals surface area contributed by atoms with Crippen molar-refractivity contribution in [1.82, 2.24) is 4.90 Å². The number of benzene rings is 1. The second-order valence-corrected chi connectivity index (χ2v) is 5.83. The van der Waals surface area contributed by atoms with Crippen LogP contribution < -0.4 is 5.32 Å². The van der Waals surface area contributed by atoms with Crippen LogP contribution in [0, 0.1) is 5.82 Å². The zero-order valence-corrected chi connectivity index (χ0v) is 13.8. The molecule has 3 rings (SSSR count). The van der Waals surface area contributed by atoms with Gasteiger partial charge in [-0.2, -0.15) is 0 Å². The smallest absolute Gasteiger partial charge is 0.314 e. The highest BCUT2D eigenvalue weighted by Crippen LogP contribution is 2.33. The average Bonchev–Trinajstić information content (AvgIpc) is 3.25. The van der Waals surface area contributed by atoms with Gasteiger partial charge in [-0.05, 0) is 37.1 Å². The maximum atomic E-state index is 13.6. The number of carbonyl (C=O) groups is 2.